The SMILES string of the molecule is CC(NC(=O)c1ccccc1N)C(=O)NC(Cc1ccccc1)C(=O)NC(C)C(=O)NC(Cc1ccccc1)C(=O)NC(CC(=O)O)C(=O)NC(C(=O)NC(Cc1ccccc1)C(=O)NC(Cc1ccc(O)c([N+](=O)[O-])c1)C(=O)NC(CC(=O)O)C(=O)O)C(C)C.O=C(O)C(F)(F)F. The molecule has 0 aliphatic carbocycles. The molecule has 9 amide bonds. The van der Waals surface area contributed by atoms with E-state index in [2.05, 4.69) is 42.5 Å². The summed E-state index contributed by atoms with van der Waals surface area (Å²) in [7, 11) is 0. The third kappa shape index (κ3) is 25.7. The Labute approximate surface area is 556 Å². The molecule has 0 saturated heterocycles. The molecule has 524 valence electrons. The van der Waals surface area contributed by atoms with E-state index in [1.165, 1.54) is 39.8 Å². The molecule has 5 aromatic carbocycles. The maximum absolute atomic E-state index is 14.4. The van der Waals surface area contributed by atoms with Crippen molar-refractivity contribution in [1.82, 2.24) is 47.9 Å². The van der Waals surface area contributed by atoms with E-state index in [0.29, 0.717) is 16.7 Å². The number of phenolic OH excluding ortho intramolecular Hbond substituents is 1. The number of aliphatic carboxylic acids is 4. The van der Waals surface area contributed by atoms with Crippen molar-refractivity contribution in [2.75, 3.05) is 5.73 Å². The number of nitrogens with two attached hydrogens (primary N) is 1. The molecule has 0 fully saturated rings. The van der Waals surface area contributed by atoms with Crippen LogP contribution in [0.4, 0.5) is 24.5 Å². The van der Waals surface area contributed by atoms with Gasteiger partial charge in [0.25, 0.3) is 5.91 Å². The van der Waals surface area contributed by atoms with Crippen molar-refractivity contribution >= 4 is 88.4 Å². The van der Waals surface area contributed by atoms with Crippen LogP contribution in [-0.2, 0) is 83.2 Å². The number of alkyl halides is 3. The molecule has 0 aromatic heterocycles. The number of amides is 9. The predicted molar refractivity (Wildman–Crippen MR) is 338 cm³/mol. The number of benzene rings is 5. The number of nitrogen functional groups attached to an aromatic ring is 1. The number of nitro groups is 1. The van der Waals surface area contributed by atoms with Crippen LogP contribution in [0, 0.1) is 16.0 Å². The van der Waals surface area contributed by atoms with Crippen LogP contribution in [-0.4, -0.2) is 168 Å². The van der Waals surface area contributed by atoms with Crippen LogP contribution >= 0.6 is 0 Å². The minimum absolute atomic E-state index is 0.0455. The maximum Gasteiger partial charge on any atom is 0.490 e. The Morgan fingerprint density at radius 2 is 0.796 bits per heavy atom. The van der Waals surface area contributed by atoms with Crippen LogP contribution in [0.25, 0.3) is 0 Å². The van der Waals surface area contributed by atoms with Gasteiger partial charge in [0.2, 0.25) is 47.3 Å². The number of nitrogens with zero attached hydrogens (tertiary/aromatic N) is 1. The van der Waals surface area contributed by atoms with Crippen molar-refractivity contribution in [2.24, 2.45) is 5.92 Å². The topological polar surface area (TPSA) is 500 Å². The lowest BCUT2D eigenvalue weighted by Gasteiger charge is -2.29. The molecule has 0 bridgehead atoms. The van der Waals surface area contributed by atoms with Crippen LogP contribution in [0.5, 0.6) is 5.75 Å². The van der Waals surface area contributed by atoms with Crippen molar-refractivity contribution in [1.29, 1.82) is 0 Å². The summed E-state index contributed by atoms with van der Waals surface area (Å²) in [6, 6.07) is 19.2. The predicted octanol–water partition coefficient (Wildman–Crippen LogP) is 1.19. The number of carbonyl (C=O) groups is 13. The van der Waals surface area contributed by atoms with Crippen LogP contribution in [0.1, 0.15) is 73.1 Å². The number of aromatic hydroxyl groups is 1. The highest BCUT2D eigenvalue weighted by atomic mass is 19.4. The number of hydrogen-bond donors (Lipinski definition) is 15. The monoisotopic (exact) mass is 1370 g/mol. The Balaban J connectivity index is 0.00000275. The number of anilines is 1. The second-order valence-corrected chi connectivity index (χ2v) is 22.3. The smallest absolute Gasteiger partial charge is 0.490 e. The maximum atomic E-state index is 14.4. The van der Waals surface area contributed by atoms with E-state index < -0.39 is 179 Å². The van der Waals surface area contributed by atoms with E-state index >= 15 is 0 Å². The highest BCUT2D eigenvalue weighted by Gasteiger charge is 2.39. The molecular weight excluding hydrogens is 1300 g/mol. The van der Waals surface area contributed by atoms with E-state index in [9.17, 15) is 101 Å². The van der Waals surface area contributed by atoms with Crippen LogP contribution in [0.2, 0.25) is 0 Å². The number of carboxylic acids is 4. The van der Waals surface area contributed by atoms with Crippen molar-refractivity contribution in [3.8, 4) is 5.75 Å². The number of hydrogen-bond acceptors (Lipinski definition) is 17. The molecule has 9 unspecified atom stereocenters. The van der Waals surface area contributed by atoms with Gasteiger partial charge in [-0.1, -0.05) is 123 Å². The van der Waals surface area contributed by atoms with E-state index in [0.717, 1.165) is 18.2 Å². The number of carboxylic acid groups (broad SMARTS) is 4. The lowest BCUT2D eigenvalue weighted by atomic mass is 9.99. The van der Waals surface area contributed by atoms with Gasteiger partial charge in [-0.25, -0.2) is 9.59 Å². The van der Waals surface area contributed by atoms with Crippen LogP contribution in [0.15, 0.2) is 133 Å². The van der Waals surface area contributed by atoms with Crippen molar-refractivity contribution < 1.29 is 106 Å². The van der Waals surface area contributed by atoms with E-state index in [1.54, 1.807) is 103 Å². The Morgan fingerprint density at radius 1 is 0.449 bits per heavy atom. The molecule has 0 radical (unpaired) electrons. The summed E-state index contributed by atoms with van der Waals surface area (Å²) < 4.78 is 31.7. The Bertz CT molecular complexity index is 3700. The number of phenols is 1. The van der Waals surface area contributed by atoms with Gasteiger partial charge in [0, 0.05) is 37.4 Å². The van der Waals surface area contributed by atoms with E-state index in [4.69, 9.17) is 15.6 Å². The molecule has 0 aliphatic heterocycles. The molecule has 34 heteroatoms. The van der Waals surface area contributed by atoms with Gasteiger partial charge in [0.15, 0.2) is 5.75 Å². The first kappa shape index (κ1) is 78.4. The molecule has 0 aliphatic rings. The van der Waals surface area contributed by atoms with Crippen LogP contribution in [0.3, 0.4) is 0 Å². The molecule has 0 heterocycles. The number of nitro benzene ring substituents is 1. The molecule has 5 aromatic rings. The minimum Gasteiger partial charge on any atom is -0.502 e. The van der Waals surface area contributed by atoms with Gasteiger partial charge in [0.1, 0.15) is 54.4 Å². The molecule has 0 saturated carbocycles. The molecule has 31 nitrogen and oxygen atoms in total. The molecule has 0 spiro atoms. The zero-order chi connectivity index (χ0) is 73.1. The summed E-state index contributed by atoms with van der Waals surface area (Å²) in [5.74, 6) is -18.3. The van der Waals surface area contributed by atoms with Gasteiger partial charge in [-0.15, -0.1) is 0 Å². The van der Waals surface area contributed by atoms with E-state index in [-0.39, 0.29) is 36.1 Å². The summed E-state index contributed by atoms with van der Waals surface area (Å²) in [6.45, 7) is 5.62. The third-order valence-corrected chi connectivity index (χ3v) is 14.2. The fourth-order valence-electron chi connectivity index (χ4n) is 9.11. The summed E-state index contributed by atoms with van der Waals surface area (Å²) in [6.07, 6.45) is -8.55. The normalized spacial score (nSPS) is 13.7. The first-order valence-electron chi connectivity index (χ1n) is 29.7. The van der Waals surface area contributed by atoms with Gasteiger partial charge in [0.05, 0.1) is 23.3 Å². The number of para-hydroxylation sites is 1. The summed E-state index contributed by atoms with van der Waals surface area (Å²) in [4.78, 5) is 182. The zero-order valence-electron chi connectivity index (χ0n) is 52.7. The van der Waals surface area contributed by atoms with Crippen molar-refractivity contribution in [2.45, 2.75) is 127 Å². The Morgan fingerprint density at radius 3 is 1.19 bits per heavy atom. The largest absolute Gasteiger partial charge is 0.502 e. The van der Waals surface area contributed by atoms with E-state index in [1.807, 2.05) is 5.32 Å². The number of halogens is 3. The Hall–Kier alpha value is -12.0. The van der Waals surface area contributed by atoms with Gasteiger partial charge in [-0.3, -0.25) is 62.9 Å². The second kappa shape index (κ2) is 37.2. The number of nitrogens with one attached hydrogen (secondary N) is 9. The summed E-state index contributed by atoms with van der Waals surface area (Å²) >= 11 is 0. The Kier molecular flexibility index (Phi) is 29.8. The number of carbonyl (C=O) groups excluding carboxylic acids is 9. The molecule has 9 atom stereocenters. The first-order chi connectivity index (χ1) is 46.0. The average molecular weight is 1370 g/mol. The lowest BCUT2D eigenvalue weighted by molar-refractivity contribution is -0.385. The molecule has 16 N–H and O–H groups in total. The molecule has 98 heavy (non-hydrogen) atoms. The zero-order valence-corrected chi connectivity index (χ0v) is 52.7. The molecular formula is C64H72F3N11O20. The van der Waals surface area contributed by atoms with Gasteiger partial charge in [-0.2, -0.15) is 13.2 Å². The number of rotatable bonds is 33. The summed E-state index contributed by atoms with van der Waals surface area (Å²) in [5, 5.41) is 80.0. The molecule has 5 rings (SSSR count). The third-order valence-electron chi connectivity index (χ3n) is 14.2. The van der Waals surface area contributed by atoms with Crippen molar-refractivity contribution in [3.63, 3.8) is 0 Å². The highest BCUT2D eigenvalue weighted by molar-refractivity contribution is 6.02. The fourth-order valence-corrected chi connectivity index (χ4v) is 9.11. The minimum atomic E-state index is -5.08. The van der Waals surface area contributed by atoms with Gasteiger partial charge < -0.3 is 79.1 Å². The summed E-state index contributed by atoms with van der Waals surface area (Å²) in [5.41, 5.74) is 6.88. The van der Waals surface area contributed by atoms with Gasteiger partial charge in [-0.05, 0) is 60.2 Å². The van der Waals surface area contributed by atoms with Crippen molar-refractivity contribution in [3.05, 3.63) is 171 Å². The lowest BCUT2D eigenvalue weighted by Crippen LogP contribution is -2.61. The average Bonchev–Trinajstić information content (AvgIpc) is 0.846. The quantitative estimate of drug-likeness (QED) is 0.0159. The standard InChI is InChI=1S/C62H71N11O18.C2HF3O2/c1-33(2)52(61(87)70-44(28-38-20-12-7-13-21-38)58(84)68-45(59(85)71-47(62(88)89)32-51(77)78)29-39-24-25-49(74)48(30-39)73(90)91)72-60(86)46(31-50(75)76)69-57(83)43(27-37-18-10-6-11-19-37)67-54(80)35(4)65-56(82)42(26-36-16-8-5-9-17-36)66-53(79)34(3)64-55(81)40-22-14-15-23-41(40)63;3-2(4,5)1(6)7/h5-25,30,33-35,42-47,52,74H,26-29,31-32,63H2,1-4H3,(H,64,81)(H,65,82)(H,66,79)(H,67,80)(H,68,84)(H,69,83)(H,70,87)(H,71,85)(H,72,86)(H,75,76)(H,77,78)(H,88,89);(H,6,7). The highest BCUT2D eigenvalue weighted by Crippen LogP contribution is 2.27. The van der Waals surface area contributed by atoms with Gasteiger partial charge >= 0.3 is 35.7 Å². The fraction of sp³-hybridized carbons (Fsp3) is 0.328. The second-order valence-electron chi connectivity index (χ2n) is 22.3. The first-order valence-corrected chi connectivity index (χ1v) is 29.7. The van der Waals surface area contributed by atoms with Crippen LogP contribution < -0.4 is 53.6 Å².